The fourth-order valence-electron chi connectivity index (χ4n) is 1.42. The fraction of sp³-hybridized carbons (Fsp3) is 0.100. The van der Waals surface area contributed by atoms with Gasteiger partial charge in [-0.25, -0.2) is 8.96 Å². The third-order valence-corrected chi connectivity index (χ3v) is 3.65. The van der Waals surface area contributed by atoms with E-state index >= 15 is 0 Å². The summed E-state index contributed by atoms with van der Waals surface area (Å²) in [5, 5.41) is 9.83. The van der Waals surface area contributed by atoms with E-state index in [1.165, 1.54) is 6.07 Å². The van der Waals surface area contributed by atoms with Crippen LogP contribution in [0.3, 0.4) is 0 Å². The van der Waals surface area contributed by atoms with Gasteiger partial charge in [0.1, 0.15) is 5.82 Å². The molecule has 2 rings (SSSR count). The molecule has 0 bridgehead atoms. The summed E-state index contributed by atoms with van der Waals surface area (Å²) >= 11 is 8.78. The first-order valence-electron chi connectivity index (χ1n) is 5.73. The summed E-state index contributed by atoms with van der Waals surface area (Å²) in [5.41, 5.74) is -0.0225. The maximum Gasteiger partial charge on any atom is 0.471 e. The monoisotopic (exact) mass is 428 g/mol. The number of hydrogen-bond donors (Lipinski definition) is 3. The molecule has 0 radical (unpaired) electrons. The molecule has 0 saturated carbocycles. The van der Waals surface area contributed by atoms with Gasteiger partial charge in [0.05, 0.1) is 10.7 Å². The Bertz CT molecular complexity index is 798. The summed E-state index contributed by atoms with van der Waals surface area (Å²) in [7, 11) is -4.70. The van der Waals surface area contributed by atoms with Crippen LogP contribution in [0.1, 0.15) is 10.5 Å². The van der Waals surface area contributed by atoms with Crippen molar-refractivity contribution in [1.82, 2.24) is 15.0 Å². The van der Waals surface area contributed by atoms with Crippen molar-refractivity contribution in [2.45, 2.75) is 6.73 Å². The number of anilines is 1. The molecule has 1 aromatic carbocycles. The molecule has 0 unspecified atom stereocenters. The Kier molecular flexibility index (Phi) is 5.50. The van der Waals surface area contributed by atoms with Crippen molar-refractivity contribution in [3.63, 3.8) is 0 Å². The minimum atomic E-state index is -4.70. The van der Waals surface area contributed by atoms with Crippen molar-refractivity contribution >= 4 is 46.9 Å². The van der Waals surface area contributed by atoms with E-state index in [2.05, 4.69) is 36.0 Å². The number of carbonyl (C=O) groups is 1. The minimum Gasteiger partial charge on any atom is -0.319 e. The van der Waals surface area contributed by atoms with Crippen molar-refractivity contribution in [3.05, 3.63) is 39.3 Å². The largest absolute Gasteiger partial charge is 0.471 e. The van der Waals surface area contributed by atoms with Gasteiger partial charge in [-0.15, -0.1) is 10.2 Å². The Balaban J connectivity index is 2.13. The zero-order valence-corrected chi connectivity index (χ0v) is 14.2. The Hall–Kier alpha value is -1.36. The molecule has 9 nitrogen and oxygen atoms in total. The third-order valence-electron chi connectivity index (χ3n) is 2.35. The van der Waals surface area contributed by atoms with Crippen molar-refractivity contribution < 1.29 is 28.1 Å². The average molecular weight is 430 g/mol. The van der Waals surface area contributed by atoms with Crippen LogP contribution in [0.25, 0.3) is 0 Å². The van der Waals surface area contributed by atoms with Crippen LogP contribution < -0.4 is 5.32 Å². The predicted octanol–water partition coefficient (Wildman–Crippen LogP) is 2.15. The lowest BCUT2D eigenvalue weighted by atomic mass is 10.3. The molecule has 2 aromatic rings. The number of carbonyl (C=O) groups excluding carboxylic acids is 1. The van der Waals surface area contributed by atoms with Crippen LogP contribution in [0.15, 0.2) is 22.8 Å². The Morgan fingerprint density at radius 3 is 2.78 bits per heavy atom. The van der Waals surface area contributed by atoms with E-state index < -0.39 is 26.3 Å². The van der Waals surface area contributed by atoms with E-state index in [0.717, 1.165) is 16.9 Å². The predicted molar refractivity (Wildman–Crippen MR) is 80.2 cm³/mol. The average Bonchev–Trinajstić information content (AvgIpc) is 2.80. The van der Waals surface area contributed by atoms with Gasteiger partial charge in [0.15, 0.2) is 17.0 Å². The van der Waals surface area contributed by atoms with Gasteiger partial charge >= 0.3 is 7.82 Å². The Labute approximate surface area is 141 Å². The number of nitrogens with one attached hydrogen (secondary N) is 1. The number of nitrogens with zero attached hydrogens (tertiary/aromatic N) is 3. The van der Waals surface area contributed by atoms with E-state index in [-0.39, 0.29) is 21.0 Å². The molecule has 1 heterocycles. The Morgan fingerprint density at radius 1 is 1.48 bits per heavy atom. The molecule has 0 saturated heterocycles. The molecule has 0 aliphatic heterocycles. The van der Waals surface area contributed by atoms with Gasteiger partial charge in [-0.2, -0.15) is 4.80 Å². The van der Waals surface area contributed by atoms with Gasteiger partial charge in [0.2, 0.25) is 0 Å². The number of aromatic nitrogens is 3. The molecule has 13 heteroatoms. The number of phosphoric ester groups is 1. The van der Waals surface area contributed by atoms with Gasteiger partial charge in [-0.05, 0) is 34.1 Å². The summed E-state index contributed by atoms with van der Waals surface area (Å²) in [6.45, 7) is -0.659. The van der Waals surface area contributed by atoms with Crippen LogP contribution in [0, 0.1) is 5.82 Å². The second-order valence-corrected chi connectivity index (χ2v) is 6.44. The lowest BCUT2D eigenvalue weighted by Gasteiger charge is -2.05. The zero-order chi connectivity index (χ0) is 17.2. The highest BCUT2D eigenvalue weighted by atomic mass is 79.9. The highest BCUT2D eigenvalue weighted by Crippen LogP contribution is 2.36. The number of hydrogen-bond acceptors (Lipinski definition) is 5. The molecule has 0 aliphatic carbocycles. The highest BCUT2D eigenvalue weighted by molar-refractivity contribution is 9.10. The minimum absolute atomic E-state index is 0.00769. The van der Waals surface area contributed by atoms with Crippen molar-refractivity contribution in [2.24, 2.45) is 0 Å². The first-order valence-corrected chi connectivity index (χ1v) is 8.43. The molecule has 1 aromatic heterocycles. The highest BCUT2D eigenvalue weighted by Gasteiger charge is 2.20. The third kappa shape index (κ3) is 5.06. The number of benzene rings is 1. The van der Waals surface area contributed by atoms with Crippen molar-refractivity contribution in [1.29, 1.82) is 0 Å². The molecule has 0 spiro atoms. The van der Waals surface area contributed by atoms with Gasteiger partial charge in [-0.1, -0.05) is 11.6 Å². The van der Waals surface area contributed by atoms with Crippen molar-refractivity contribution in [3.8, 4) is 0 Å². The van der Waals surface area contributed by atoms with E-state index in [9.17, 15) is 13.8 Å². The number of rotatable bonds is 5. The molecule has 3 N–H and O–H groups in total. The summed E-state index contributed by atoms with van der Waals surface area (Å²) in [5.74, 6) is -1.28. The number of amides is 1. The SMILES string of the molecule is O=C(Nc1ccc(F)cc1Cl)c1nn(COP(=O)(O)O)nc1Br. The number of halogens is 3. The molecule has 124 valence electrons. The maximum absolute atomic E-state index is 12.9. The van der Waals surface area contributed by atoms with E-state index in [0.29, 0.717) is 0 Å². The van der Waals surface area contributed by atoms with E-state index in [1.807, 2.05) is 0 Å². The van der Waals surface area contributed by atoms with Gasteiger partial charge < -0.3 is 15.1 Å². The lowest BCUT2D eigenvalue weighted by molar-refractivity contribution is 0.101. The van der Waals surface area contributed by atoms with Crippen LogP contribution in [0.5, 0.6) is 0 Å². The first kappa shape index (κ1) is 18.0. The van der Waals surface area contributed by atoms with E-state index in [4.69, 9.17) is 21.4 Å². The summed E-state index contributed by atoms with van der Waals surface area (Å²) in [4.78, 5) is 30.0. The number of phosphoric acid groups is 1. The molecule has 0 atom stereocenters. The molecule has 0 aliphatic rings. The molecule has 1 amide bonds. The Morgan fingerprint density at radius 2 is 2.17 bits per heavy atom. The lowest BCUT2D eigenvalue weighted by Crippen LogP contribution is -2.14. The van der Waals surface area contributed by atoms with E-state index in [1.54, 1.807) is 0 Å². The summed E-state index contributed by atoms with van der Waals surface area (Å²) in [6, 6.07) is 3.41. The molecular weight excluding hydrogens is 421 g/mol. The van der Waals surface area contributed by atoms with Crippen LogP contribution in [-0.4, -0.2) is 30.7 Å². The smallest absolute Gasteiger partial charge is 0.319 e. The van der Waals surface area contributed by atoms with Gasteiger partial charge in [0.25, 0.3) is 5.91 Å². The second-order valence-electron chi connectivity index (χ2n) is 4.04. The van der Waals surface area contributed by atoms with Crippen molar-refractivity contribution in [2.75, 3.05) is 5.32 Å². The van der Waals surface area contributed by atoms with Crippen LogP contribution in [0.4, 0.5) is 10.1 Å². The van der Waals surface area contributed by atoms with Gasteiger partial charge in [-0.3, -0.25) is 9.32 Å². The summed E-state index contributed by atoms with van der Waals surface area (Å²) in [6.07, 6.45) is 0. The summed E-state index contributed by atoms with van der Waals surface area (Å²) < 4.78 is 27.8. The quantitative estimate of drug-likeness (QED) is 0.622. The second kappa shape index (κ2) is 7.04. The van der Waals surface area contributed by atoms with Gasteiger partial charge in [0, 0.05) is 0 Å². The molecule has 23 heavy (non-hydrogen) atoms. The molecular formula is C10H8BrClFN4O5P. The normalized spacial score (nSPS) is 11.5. The van der Waals surface area contributed by atoms with Crippen LogP contribution in [-0.2, 0) is 15.8 Å². The van der Waals surface area contributed by atoms with Crippen LogP contribution in [0.2, 0.25) is 5.02 Å². The maximum atomic E-state index is 12.9. The molecule has 0 fully saturated rings. The topological polar surface area (TPSA) is 127 Å². The van der Waals surface area contributed by atoms with Crippen LogP contribution >= 0.6 is 35.4 Å². The fourth-order valence-corrected chi connectivity index (χ4v) is 2.33. The standard InChI is InChI=1S/C10H8BrClFN4O5P/c11-9-8(15-17(16-9)4-22-23(19,20)21)10(18)14-7-2-1-5(13)3-6(7)12/h1-3H,4H2,(H,14,18)(H2,19,20,21). The zero-order valence-electron chi connectivity index (χ0n) is 11.0. The first-order chi connectivity index (χ1) is 10.7.